The van der Waals surface area contributed by atoms with Gasteiger partial charge in [0.15, 0.2) is 5.16 Å². The Labute approximate surface area is 168 Å². The number of nitrogens with one attached hydrogen (secondary N) is 1. The molecule has 0 unspecified atom stereocenters. The van der Waals surface area contributed by atoms with Gasteiger partial charge in [0.1, 0.15) is 0 Å². The third-order valence-corrected chi connectivity index (χ3v) is 5.01. The summed E-state index contributed by atoms with van der Waals surface area (Å²) in [5.74, 6) is -0.209. The van der Waals surface area contributed by atoms with Gasteiger partial charge < -0.3 is 5.32 Å². The van der Waals surface area contributed by atoms with Gasteiger partial charge in [-0.2, -0.15) is 0 Å². The Bertz CT molecular complexity index is 992. The second-order valence-corrected chi connectivity index (χ2v) is 7.10. The number of imidazole rings is 1. The number of hydrogen-bond donors (Lipinski definition) is 1. The molecule has 27 heavy (non-hydrogen) atoms. The highest BCUT2D eigenvalue weighted by Gasteiger charge is 2.13. The molecule has 3 rings (SSSR count). The summed E-state index contributed by atoms with van der Waals surface area (Å²) < 4.78 is 1.84. The van der Waals surface area contributed by atoms with Crippen molar-refractivity contribution >= 4 is 52.2 Å². The average molecular weight is 423 g/mol. The van der Waals surface area contributed by atoms with Crippen LogP contribution in [0.3, 0.4) is 0 Å². The van der Waals surface area contributed by atoms with Crippen LogP contribution in [-0.2, 0) is 4.79 Å². The number of non-ortho nitro benzene ring substituents is 1. The molecule has 0 fully saturated rings. The zero-order valence-corrected chi connectivity index (χ0v) is 16.0. The van der Waals surface area contributed by atoms with Crippen LogP contribution >= 0.6 is 35.0 Å². The van der Waals surface area contributed by atoms with Crippen LogP contribution in [0.5, 0.6) is 0 Å². The van der Waals surface area contributed by atoms with Crippen molar-refractivity contribution in [3.05, 3.63) is 75.0 Å². The first kappa shape index (κ1) is 19.2. The molecule has 0 aliphatic heterocycles. The lowest BCUT2D eigenvalue weighted by molar-refractivity contribution is -0.384. The first-order valence-corrected chi connectivity index (χ1v) is 9.34. The number of aromatic nitrogens is 2. The predicted molar refractivity (Wildman–Crippen MR) is 106 cm³/mol. The highest BCUT2D eigenvalue weighted by molar-refractivity contribution is 7.99. The SMILES string of the molecule is O=C(CSc1nccn1-c1ccc(Cl)cc1)Nc1ccc([N+](=O)[O-])cc1Cl. The van der Waals surface area contributed by atoms with E-state index in [1.54, 1.807) is 24.5 Å². The smallest absolute Gasteiger partial charge is 0.271 e. The number of nitrogens with zero attached hydrogens (tertiary/aromatic N) is 3. The number of halogens is 2. The molecule has 1 N–H and O–H groups in total. The molecular weight excluding hydrogens is 411 g/mol. The third-order valence-electron chi connectivity index (χ3n) is 3.48. The van der Waals surface area contributed by atoms with Crippen LogP contribution in [0.25, 0.3) is 5.69 Å². The van der Waals surface area contributed by atoms with Gasteiger partial charge >= 0.3 is 0 Å². The molecule has 3 aromatic rings. The molecule has 0 bridgehead atoms. The van der Waals surface area contributed by atoms with Gasteiger partial charge in [-0.1, -0.05) is 35.0 Å². The summed E-state index contributed by atoms with van der Waals surface area (Å²) in [5, 5.41) is 14.7. The summed E-state index contributed by atoms with van der Waals surface area (Å²) in [5.41, 5.74) is 1.05. The molecule has 0 atom stereocenters. The van der Waals surface area contributed by atoms with Crippen LogP contribution < -0.4 is 5.32 Å². The van der Waals surface area contributed by atoms with Crippen molar-refractivity contribution in [2.24, 2.45) is 0 Å². The topological polar surface area (TPSA) is 90.1 Å². The van der Waals surface area contributed by atoms with Gasteiger partial charge in [0.05, 0.1) is 21.4 Å². The van der Waals surface area contributed by atoms with E-state index in [1.807, 2.05) is 16.7 Å². The number of hydrogen-bond acceptors (Lipinski definition) is 5. The van der Waals surface area contributed by atoms with E-state index in [9.17, 15) is 14.9 Å². The number of rotatable bonds is 6. The van der Waals surface area contributed by atoms with E-state index < -0.39 is 4.92 Å². The Kier molecular flexibility index (Phi) is 6.00. The summed E-state index contributed by atoms with van der Waals surface area (Å²) in [6.45, 7) is 0. The Hall–Kier alpha value is -2.55. The summed E-state index contributed by atoms with van der Waals surface area (Å²) in [7, 11) is 0. The van der Waals surface area contributed by atoms with Crippen LogP contribution in [0.4, 0.5) is 11.4 Å². The monoisotopic (exact) mass is 422 g/mol. The largest absolute Gasteiger partial charge is 0.324 e. The van der Waals surface area contributed by atoms with Crippen molar-refractivity contribution in [3.8, 4) is 5.69 Å². The van der Waals surface area contributed by atoms with E-state index in [2.05, 4.69) is 10.3 Å². The van der Waals surface area contributed by atoms with Crippen LogP contribution in [-0.4, -0.2) is 26.1 Å². The summed E-state index contributed by atoms with van der Waals surface area (Å²) in [4.78, 5) is 26.6. The Balaban J connectivity index is 1.64. The first-order valence-electron chi connectivity index (χ1n) is 7.60. The number of thioether (sulfide) groups is 1. The number of benzene rings is 2. The van der Waals surface area contributed by atoms with Gasteiger partial charge in [0, 0.05) is 35.2 Å². The Morgan fingerprint density at radius 2 is 1.96 bits per heavy atom. The summed E-state index contributed by atoms with van der Waals surface area (Å²) in [6.07, 6.45) is 3.43. The fourth-order valence-corrected chi connectivity index (χ4v) is 3.35. The van der Waals surface area contributed by atoms with Gasteiger partial charge in [-0.05, 0) is 30.3 Å². The van der Waals surface area contributed by atoms with Crippen LogP contribution in [0, 0.1) is 10.1 Å². The minimum absolute atomic E-state index is 0.0952. The molecule has 2 aromatic carbocycles. The predicted octanol–water partition coefficient (Wildman–Crippen LogP) is 4.82. The molecule has 138 valence electrons. The minimum Gasteiger partial charge on any atom is -0.324 e. The number of carbonyl (C=O) groups excluding carboxylic acids is 1. The second-order valence-electron chi connectivity index (χ2n) is 5.31. The zero-order valence-electron chi connectivity index (χ0n) is 13.6. The maximum Gasteiger partial charge on any atom is 0.271 e. The zero-order chi connectivity index (χ0) is 19.4. The molecule has 0 aliphatic rings. The van der Waals surface area contributed by atoms with E-state index in [1.165, 1.54) is 30.0 Å². The fourth-order valence-electron chi connectivity index (χ4n) is 2.23. The molecule has 7 nitrogen and oxygen atoms in total. The lowest BCUT2D eigenvalue weighted by atomic mass is 10.3. The molecule has 0 saturated heterocycles. The second kappa shape index (κ2) is 8.43. The lowest BCUT2D eigenvalue weighted by Crippen LogP contribution is -2.15. The molecule has 1 aromatic heterocycles. The number of anilines is 1. The normalized spacial score (nSPS) is 10.6. The highest BCUT2D eigenvalue weighted by Crippen LogP contribution is 2.27. The molecule has 1 heterocycles. The van der Waals surface area contributed by atoms with Gasteiger partial charge in [0.2, 0.25) is 5.91 Å². The Morgan fingerprint density at radius 3 is 2.63 bits per heavy atom. The van der Waals surface area contributed by atoms with E-state index >= 15 is 0 Å². The highest BCUT2D eigenvalue weighted by atomic mass is 35.5. The third kappa shape index (κ3) is 4.79. The summed E-state index contributed by atoms with van der Waals surface area (Å²) >= 11 is 13.1. The standard InChI is InChI=1S/C17H12Cl2N4O3S/c18-11-1-3-12(4-2-11)22-8-7-20-17(22)27-10-16(24)21-15-6-5-13(23(25)26)9-14(15)19/h1-9H,10H2,(H,21,24). The van der Waals surface area contributed by atoms with E-state index in [0.717, 1.165) is 5.69 Å². The van der Waals surface area contributed by atoms with Crippen molar-refractivity contribution in [2.45, 2.75) is 5.16 Å². The van der Waals surface area contributed by atoms with Crippen LogP contribution in [0.15, 0.2) is 60.0 Å². The van der Waals surface area contributed by atoms with E-state index in [0.29, 0.717) is 15.9 Å². The van der Waals surface area contributed by atoms with Gasteiger partial charge in [-0.3, -0.25) is 19.5 Å². The van der Waals surface area contributed by atoms with Crippen molar-refractivity contribution < 1.29 is 9.72 Å². The van der Waals surface area contributed by atoms with Crippen molar-refractivity contribution in [1.82, 2.24) is 9.55 Å². The van der Waals surface area contributed by atoms with Crippen LogP contribution in [0.2, 0.25) is 10.0 Å². The van der Waals surface area contributed by atoms with Crippen LogP contribution in [0.1, 0.15) is 0 Å². The average Bonchev–Trinajstić information content (AvgIpc) is 3.10. The maximum atomic E-state index is 12.2. The minimum atomic E-state index is -0.552. The molecule has 0 radical (unpaired) electrons. The van der Waals surface area contributed by atoms with Gasteiger partial charge in [-0.25, -0.2) is 4.98 Å². The molecule has 0 aliphatic carbocycles. The molecule has 1 amide bonds. The fraction of sp³-hybridized carbons (Fsp3) is 0.0588. The van der Waals surface area contributed by atoms with Crippen molar-refractivity contribution in [3.63, 3.8) is 0 Å². The number of nitro benzene ring substituents is 1. The van der Waals surface area contributed by atoms with E-state index in [4.69, 9.17) is 23.2 Å². The number of amides is 1. The lowest BCUT2D eigenvalue weighted by Gasteiger charge is -2.09. The summed E-state index contributed by atoms with van der Waals surface area (Å²) in [6, 6.07) is 11.1. The number of carbonyl (C=O) groups is 1. The van der Waals surface area contributed by atoms with E-state index in [-0.39, 0.29) is 22.4 Å². The molecule has 0 saturated carbocycles. The van der Waals surface area contributed by atoms with Crippen molar-refractivity contribution in [2.75, 3.05) is 11.1 Å². The van der Waals surface area contributed by atoms with Crippen molar-refractivity contribution in [1.29, 1.82) is 0 Å². The molecule has 0 spiro atoms. The Morgan fingerprint density at radius 1 is 1.22 bits per heavy atom. The molecular formula is C17H12Cl2N4O3S. The first-order chi connectivity index (χ1) is 12.9. The maximum absolute atomic E-state index is 12.2. The van der Waals surface area contributed by atoms with Gasteiger partial charge in [-0.15, -0.1) is 0 Å². The molecule has 10 heteroatoms. The number of nitro groups is 1. The van der Waals surface area contributed by atoms with Gasteiger partial charge in [0.25, 0.3) is 5.69 Å². The quantitative estimate of drug-likeness (QED) is 0.349.